The minimum Gasteiger partial charge on any atom is -0.494 e. The van der Waals surface area contributed by atoms with Gasteiger partial charge in [0.05, 0.1) is 24.5 Å². The average molecular weight is 297 g/mol. The van der Waals surface area contributed by atoms with Crippen LogP contribution in [0.5, 0.6) is 5.75 Å². The zero-order valence-corrected chi connectivity index (χ0v) is 12.8. The fourth-order valence-electron chi connectivity index (χ4n) is 1.86. The first-order valence-electron chi connectivity index (χ1n) is 7.27. The molecule has 114 valence electrons. The van der Waals surface area contributed by atoms with Gasteiger partial charge in [0.25, 0.3) is 0 Å². The molecule has 2 rings (SSSR count). The molecule has 0 saturated heterocycles. The lowest BCUT2D eigenvalue weighted by molar-refractivity contribution is 0.0526. The fraction of sp³-hybridized carbons (Fsp3) is 0.222. The van der Waals surface area contributed by atoms with Gasteiger partial charge in [-0.05, 0) is 67.9 Å². The molecule has 22 heavy (non-hydrogen) atoms. The summed E-state index contributed by atoms with van der Waals surface area (Å²) in [6.45, 7) is 4.76. The summed E-state index contributed by atoms with van der Waals surface area (Å²) in [5.41, 5.74) is 2.29. The highest BCUT2D eigenvalue weighted by atomic mass is 16.5. The van der Waals surface area contributed by atoms with E-state index in [1.54, 1.807) is 37.4 Å². The summed E-state index contributed by atoms with van der Waals surface area (Å²) in [4.78, 5) is 15.9. The Balaban J connectivity index is 2.02. The normalized spacial score (nSPS) is 10.6. The molecule has 0 radical (unpaired) electrons. The lowest BCUT2D eigenvalue weighted by Crippen LogP contribution is -2.03. The summed E-state index contributed by atoms with van der Waals surface area (Å²) < 4.78 is 10.3. The van der Waals surface area contributed by atoms with Gasteiger partial charge in [0.1, 0.15) is 5.75 Å². The van der Waals surface area contributed by atoms with Gasteiger partial charge in [-0.1, -0.05) is 0 Å². The third-order valence-electron chi connectivity index (χ3n) is 2.93. The molecule has 2 aromatic rings. The van der Waals surface area contributed by atoms with Crippen molar-refractivity contribution in [2.75, 3.05) is 13.2 Å². The van der Waals surface area contributed by atoms with E-state index in [0.29, 0.717) is 18.8 Å². The van der Waals surface area contributed by atoms with Gasteiger partial charge in [-0.2, -0.15) is 0 Å². The van der Waals surface area contributed by atoms with E-state index in [2.05, 4.69) is 4.99 Å². The molecule has 0 aliphatic carbocycles. The number of nitrogens with zero attached hydrogens (tertiary/aromatic N) is 1. The first-order chi connectivity index (χ1) is 10.7. The van der Waals surface area contributed by atoms with E-state index in [9.17, 15) is 4.79 Å². The van der Waals surface area contributed by atoms with Crippen LogP contribution in [0.2, 0.25) is 0 Å². The Morgan fingerprint density at radius 2 is 1.68 bits per heavy atom. The number of aliphatic imine (C=N–C) groups is 1. The summed E-state index contributed by atoms with van der Waals surface area (Å²) in [6, 6.07) is 14.7. The zero-order chi connectivity index (χ0) is 15.8. The van der Waals surface area contributed by atoms with E-state index < -0.39 is 0 Å². The number of carbonyl (C=O) groups is 1. The molecule has 2 aromatic carbocycles. The first kappa shape index (κ1) is 15.8. The van der Waals surface area contributed by atoms with E-state index in [1.165, 1.54) is 0 Å². The summed E-state index contributed by atoms with van der Waals surface area (Å²) >= 11 is 0. The van der Waals surface area contributed by atoms with Crippen molar-refractivity contribution in [1.82, 2.24) is 0 Å². The lowest BCUT2D eigenvalue weighted by atomic mass is 10.2. The number of hydrogen-bond acceptors (Lipinski definition) is 4. The highest BCUT2D eigenvalue weighted by Gasteiger charge is 2.04. The molecule has 0 spiro atoms. The minimum absolute atomic E-state index is 0.315. The Morgan fingerprint density at radius 1 is 1.00 bits per heavy atom. The van der Waals surface area contributed by atoms with Gasteiger partial charge in [0.15, 0.2) is 0 Å². The van der Waals surface area contributed by atoms with Crippen LogP contribution in [0.1, 0.15) is 29.8 Å². The topological polar surface area (TPSA) is 47.9 Å². The van der Waals surface area contributed by atoms with Crippen LogP contribution >= 0.6 is 0 Å². The molecule has 0 aromatic heterocycles. The molecule has 4 heteroatoms. The molecule has 0 saturated carbocycles. The Hall–Kier alpha value is -2.62. The summed E-state index contributed by atoms with van der Waals surface area (Å²) in [7, 11) is 0. The van der Waals surface area contributed by atoms with Crippen molar-refractivity contribution < 1.29 is 14.3 Å². The smallest absolute Gasteiger partial charge is 0.338 e. The van der Waals surface area contributed by atoms with Gasteiger partial charge >= 0.3 is 5.97 Å². The fourth-order valence-corrected chi connectivity index (χ4v) is 1.86. The molecule has 0 amide bonds. The van der Waals surface area contributed by atoms with Crippen molar-refractivity contribution in [3.8, 4) is 5.75 Å². The molecule has 0 N–H and O–H groups in total. The quantitative estimate of drug-likeness (QED) is 0.598. The largest absolute Gasteiger partial charge is 0.494 e. The minimum atomic E-state index is -0.315. The maximum absolute atomic E-state index is 11.5. The number of ether oxygens (including phenoxy) is 2. The molecule has 0 aliphatic heterocycles. The van der Waals surface area contributed by atoms with Crippen LogP contribution in [0.4, 0.5) is 5.69 Å². The van der Waals surface area contributed by atoms with Crippen LogP contribution in [0.3, 0.4) is 0 Å². The number of rotatable bonds is 6. The van der Waals surface area contributed by atoms with Gasteiger partial charge < -0.3 is 9.47 Å². The molecule has 4 nitrogen and oxygen atoms in total. The van der Waals surface area contributed by atoms with Crippen molar-refractivity contribution in [3.63, 3.8) is 0 Å². The van der Waals surface area contributed by atoms with Crippen LogP contribution in [-0.2, 0) is 4.74 Å². The second-order valence-corrected chi connectivity index (χ2v) is 4.53. The maximum atomic E-state index is 11.5. The predicted octanol–water partition coefficient (Wildman–Crippen LogP) is 4.01. The van der Waals surface area contributed by atoms with Crippen LogP contribution in [0.25, 0.3) is 0 Å². The Morgan fingerprint density at radius 3 is 2.27 bits per heavy atom. The van der Waals surface area contributed by atoms with Gasteiger partial charge in [-0.15, -0.1) is 0 Å². The van der Waals surface area contributed by atoms with E-state index in [0.717, 1.165) is 17.0 Å². The maximum Gasteiger partial charge on any atom is 0.338 e. The highest BCUT2D eigenvalue weighted by Crippen LogP contribution is 2.15. The number of carbonyl (C=O) groups excluding carboxylic acids is 1. The van der Waals surface area contributed by atoms with Gasteiger partial charge in [-0.25, -0.2) is 4.79 Å². The third kappa shape index (κ3) is 4.45. The number of hydrogen-bond donors (Lipinski definition) is 0. The monoisotopic (exact) mass is 297 g/mol. The van der Waals surface area contributed by atoms with Crippen LogP contribution in [-0.4, -0.2) is 25.4 Å². The predicted molar refractivity (Wildman–Crippen MR) is 87.3 cm³/mol. The summed E-state index contributed by atoms with van der Waals surface area (Å²) in [5, 5.41) is 0. The van der Waals surface area contributed by atoms with E-state index in [4.69, 9.17) is 9.47 Å². The zero-order valence-electron chi connectivity index (χ0n) is 12.8. The summed E-state index contributed by atoms with van der Waals surface area (Å²) in [6.07, 6.45) is 1.77. The molecular weight excluding hydrogens is 278 g/mol. The van der Waals surface area contributed by atoms with Gasteiger partial charge in [0, 0.05) is 6.21 Å². The molecule has 0 fully saturated rings. The van der Waals surface area contributed by atoms with Crippen molar-refractivity contribution in [3.05, 3.63) is 59.7 Å². The van der Waals surface area contributed by atoms with Gasteiger partial charge in [0.2, 0.25) is 0 Å². The molecular formula is C18H19NO3. The number of esters is 1. The Labute approximate surface area is 130 Å². The standard InChI is InChI=1S/C18H19NO3/c1-3-21-17-11-5-14(6-12-17)13-19-16-9-7-15(8-10-16)18(20)22-4-2/h5-13H,3-4H2,1-2H3. The van der Waals surface area contributed by atoms with Crippen molar-refractivity contribution in [2.24, 2.45) is 4.99 Å². The van der Waals surface area contributed by atoms with Crippen LogP contribution in [0.15, 0.2) is 53.5 Å². The van der Waals surface area contributed by atoms with Crippen LogP contribution < -0.4 is 4.74 Å². The van der Waals surface area contributed by atoms with E-state index in [1.807, 2.05) is 31.2 Å². The second kappa shape index (κ2) is 7.98. The van der Waals surface area contributed by atoms with Crippen LogP contribution in [0, 0.1) is 0 Å². The van der Waals surface area contributed by atoms with E-state index >= 15 is 0 Å². The van der Waals surface area contributed by atoms with Crippen molar-refractivity contribution in [1.29, 1.82) is 0 Å². The molecule has 0 aliphatic rings. The van der Waals surface area contributed by atoms with Crippen molar-refractivity contribution in [2.45, 2.75) is 13.8 Å². The Kier molecular flexibility index (Phi) is 5.72. The molecule has 0 bridgehead atoms. The highest BCUT2D eigenvalue weighted by molar-refractivity contribution is 5.90. The van der Waals surface area contributed by atoms with E-state index in [-0.39, 0.29) is 5.97 Å². The SMILES string of the molecule is CCOC(=O)c1ccc(N=Cc2ccc(OCC)cc2)cc1. The van der Waals surface area contributed by atoms with Gasteiger partial charge in [-0.3, -0.25) is 4.99 Å². The number of benzene rings is 2. The average Bonchev–Trinajstić information content (AvgIpc) is 2.55. The van der Waals surface area contributed by atoms with Crippen molar-refractivity contribution >= 4 is 17.9 Å². The molecule has 0 heterocycles. The summed E-state index contributed by atoms with van der Waals surface area (Å²) in [5.74, 6) is 0.531. The molecule has 0 atom stereocenters. The first-order valence-corrected chi connectivity index (χ1v) is 7.27. The Bertz CT molecular complexity index is 630. The lowest BCUT2D eigenvalue weighted by Gasteiger charge is -2.02. The second-order valence-electron chi connectivity index (χ2n) is 4.53. The molecule has 0 unspecified atom stereocenters. The third-order valence-corrected chi connectivity index (χ3v) is 2.93.